The Balaban J connectivity index is 1.77. The maximum atomic E-state index is 12.8. The number of imidazole rings is 1. The summed E-state index contributed by atoms with van der Waals surface area (Å²) in [5.74, 6) is 0.00173. The van der Waals surface area contributed by atoms with Crippen molar-refractivity contribution in [2.24, 2.45) is 5.92 Å². The van der Waals surface area contributed by atoms with Gasteiger partial charge in [-0.1, -0.05) is 13.8 Å². The molecule has 1 N–H and O–H groups in total. The fourth-order valence-corrected chi connectivity index (χ4v) is 4.19. The molecule has 0 radical (unpaired) electrons. The Morgan fingerprint density at radius 2 is 1.91 bits per heavy atom. The first-order chi connectivity index (χ1) is 10.9. The molecule has 1 aliphatic heterocycles. The Labute approximate surface area is 135 Å². The molecule has 2 aromatic rings. The molecule has 124 valence electrons. The highest BCUT2D eigenvalue weighted by molar-refractivity contribution is 7.89. The third kappa shape index (κ3) is 2.96. The van der Waals surface area contributed by atoms with Crippen molar-refractivity contribution < 1.29 is 13.2 Å². The molecule has 2 heterocycles. The van der Waals surface area contributed by atoms with Gasteiger partial charge in [-0.25, -0.2) is 13.4 Å². The number of aromatic nitrogens is 2. The van der Waals surface area contributed by atoms with E-state index in [-0.39, 0.29) is 16.7 Å². The lowest BCUT2D eigenvalue weighted by molar-refractivity contribution is -0.135. The molecule has 0 bridgehead atoms. The summed E-state index contributed by atoms with van der Waals surface area (Å²) in [7, 11) is -3.55. The summed E-state index contributed by atoms with van der Waals surface area (Å²) in [6, 6.07) is 4.87. The number of sulfonamides is 1. The topological polar surface area (TPSA) is 86.4 Å². The molecule has 3 rings (SSSR count). The van der Waals surface area contributed by atoms with Crippen molar-refractivity contribution in [3.8, 4) is 0 Å². The molecule has 1 aliphatic rings. The minimum absolute atomic E-state index is 0.0686. The van der Waals surface area contributed by atoms with Crippen LogP contribution in [0.15, 0.2) is 29.4 Å². The molecule has 1 aromatic heterocycles. The quantitative estimate of drug-likeness (QED) is 0.908. The van der Waals surface area contributed by atoms with Crippen LogP contribution in [0.1, 0.15) is 13.8 Å². The van der Waals surface area contributed by atoms with Crippen molar-refractivity contribution in [2.75, 3.05) is 26.2 Å². The van der Waals surface area contributed by atoms with Gasteiger partial charge in [0.05, 0.1) is 22.3 Å². The number of fused-ring (bicyclic) bond motifs is 1. The molecule has 1 fully saturated rings. The predicted molar refractivity (Wildman–Crippen MR) is 86.3 cm³/mol. The number of H-pyrrole nitrogens is 1. The lowest BCUT2D eigenvalue weighted by Crippen LogP contribution is -2.51. The van der Waals surface area contributed by atoms with Gasteiger partial charge in [0.15, 0.2) is 0 Å². The number of piperazine rings is 1. The second-order valence-corrected chi connectivity index (χ2v) is 7.90. The van der Waals surface area contributed by atoms with E-state index < -0.39 is 10.0 Å². The standard InChI is InChI=1S/C15H20N4O3S/c1-11(2)15(20)18-5-7-19(8-6-18)23(21,22)12-3-4-13-14(9-12)17-10-16-13/h3-4,9-11H,5-8H2,1-2H3,(H,16,17). The number of carbonyl (C=O) groups is 1. The van der Waals surface area contributed by atoms with Crippen LogP contribution in [0.3, 0.4) is 0 Å². The highest BCUT2D eigenvalue weighted by Crippen LogP contribution is 2.21. The lowest BCUT2D eigenvalue weighted by atomic mass is 10.2. The Morgan fingerprint density at radius 1 is 1.22 bits per heavy atom. The van der Waals surface area contributed by atoms with Crippen LogP contribution in [0, 0.1) is 5.92 Å². The minimum Gasteiger partial charge on any atom is -0.345 e. The average Bonchev–Trinajstić information content (AvgIpc) is 3.01. The van der Waals surface area contributed by atoms with Gasteiger partial charge in [0.25, 0.3) is 0 Å². The fraction of sp³-hybridized carbons (Fsp3) is 0.467. The van der Waals surface area contributed by atoms with E-state index in [1.807, 2.05) is 13.8 Å². The molecule has 7 nitrogen and oxygen atoms in total. The summed E-state index contributed by atoms with van der Waals surface area (Å²) in [5, 5.41) is 0. The van der Waals surface area contributed by atoms with Gasteiger partial charge in [-0.3, -0.25) is 4.79 Å². The molecule has 1 amide bonds. The van der Waals surface area contributed by atoms with Crippen molar-refractivity contribution >= 4 is 27.0 Å². The van der Waals surface area contributed by atoms with E-state index in [9.17, 15) is 13.2 Å². The third-order valence-corrected chi connectivity index (χ3v) is 5.97. The second kappa shape index (κ2) is 5.93. The second-order valence-electron chi connectivity index (χ2n) is 5.97. The van der Waals surface area contributed by atoms with Crippen LogP contribution in [0.2, 0.25) is 0 Å². The Kier molecular flexibility index (Phi) is 4.11. The van der Waals surface area contributed by atoms with Gasteiger partial charge in [0.1, 0.15) is 0 Å². The van der Waals surface area contributed by atoms with E-state index in [1.54, 1.807) is 23.1 Å². The molecule has 0 unspecified atom stereocenters. The number of hydrogen-bond donors (Lipinski definition) is 1. The Hall–Kier alpha value is -1.93. The number of hydrogen-bond acceptors (Lipinski definition) is 4. The number of nitrogens with one attached hydrogen (secondary N) is 1. The van der Waals surface area contributed by atoms with Crippen molar-refractivity contribution in [3.63, 3.8) is 0 Å². The van der Waals surface area contributed by atoms with Crippen LogP contribution in [-0.4, -0.2) is 59.7 Å². The van der Waals surface area contributed by atoms with Gasteiger partial charge in [0, 0.05) is 32.1 Å². The summed E-state index contributed by atoms with van der Waals surface area (Å²) in [4.78, 5) is 21.0. The Bertz CT molecular complexity index is 820. The van der Waals surface area contributed by atoms with Gasteiger partial charge in [-0.2, -0.15) is 4.31 Å². The summed E-state index contributed by atoms with van der Waals surface area (Å²) in [6.07, 6.45) is 1.54. The summed E-state index contributed by atoms with van der Waals surface area (Å²) in [6.45, 7) is 5.21. The van der Waals surface area contributed by atoms with Gasteiger partial charge in [-0.15, -0.1) is 0 Å². The number of amides is 1. The molecular formula is C15H20N4O3S. The van der Waals surface area contributed by atoms with Gasteiger partial charge in [0.2, 0.25) is 15.9 Å². The SMILES string of the molecule is CC(C)C(=O)N1CCN(S(=O)(=O)c2ccc3nc[nH]c3c2)CC1. The van der Waals surface area contributed by atoms with Crippen molar-refractivity contribution in [1.29, 1.82) is 0 Å². The normalized spacial score (nSPS) is 17.1. The van der Waals surface area contributed by atoms with E-state index in [2.05, 4.69) is 9.97 Å². The molecule has 0 spiro atoms. The molecular weight excluding hydrogens is 316 g/mol. The number of aromatic amines is 1. The zero-order valence-corrected chi connectivity index (χ0v) is 14.0. The number of carbonyl (C=O) groups excluding carboxylic acids is 1. The van der Waals surface area contributed by atoms with Crippen molar-refractivity contribution in [1.82, 2.24) is 19.2 Å². The zero-order chi connectivity index (χ0) is 16.6. The summed E-state index contributed by atoms with van der Waals surface area (Å²) < 4.78 is 26.9. The van der Waals surface area contributed by atoms with Crippen LogP contribution < -0.4 is 0 Å². The third-order valence-electron chi connectivity index (χ3n) is 4.07. The van der Waals surface area contributed by atoms with Gasteiger partial charge in [-0.05, 0) is 18.2 Å². The highest BCUT2D eigenvalue weighted by atomic mass is 32.2. The van der Waals surface area contributed by atoms with Gasteiger partial charge < -0.3 is 9.88 Å². The van der Waals surface area contributed by atoms with E-state index in [0.29, 0.717) is 31.7 Å². The van der Waals surface area contributed by atoms with Crippen molar-refractivity contribution in [3.05, 3.63) is 24.5 Å². The predicted octanol–water partition coefficient (Wildman–Crippen LogP) is 1.05. The minimum atomic E-state index is -3.55. The number of nitrogens with zero attached hydrogens (tertiary/aromatic N) is 3. The zero-order valence-electron chi connectivity index (χ0n) is 13.2. The number of benzene rings is 1. The largest absolute Gasteiger partial charge is 0.345 e. The molecule has 1 aromatic carbocycles. The Morgan fingerprint density at radius 3 is 2.57 bits per heavy atom. The van der Waals surface area contributed by atoms with Crippen LogP contribution in [0.4, 0.5) is 0 Å². The summed E-state index contributed by atoms with van der Waals surface area (Å²) in [5.41, 5.74) is 1.43. The maximum absolute atomic E-state index is 12.8. The highest BCUT2D eigenvalue weighted by Gasteiger charge is 2.30. The first-order valence-corrected chi connectivity index (χ1v) is 9.05. The van der Waals surface area contributed by atoms with Crippen LogP contribution in [0.25, 0.3) is 11.0 Å². The fourth-order valence-electron chi connectivity index (χ4n) is 2.74. The molecule has 23 heavy (non-hydrogen) atoms. The van der Waals surface area contributed by atoms with Crippen molar-refractivity contribution in [2.45, 2.75) is 18.7 Å². The lowest BCUT2D eigenvalue weighted by Gasteiger charge is -2.34. The van der Waals surface area contributed by atoms with E-state index in [4.69, 9.17) is 0 Å². The number of rotatable bonds is 3. The molecule has 8 heteroatoms. The van der Waals surface area contributed by atoms with Crippen LogP contribution in [-0.2, 0) is 14.8 Å². The molecule has 0 aliphatic carbocycles. The first kappa shape index (κ1) is 15.9. The molecule has 0 saturated carbocycles. The molecule has 0 atom stereocenters. The summed E-state index contributed by atoms with van der Waals surface area (Å²) >= 11 is 0. The monoisotopic (exact) mass is 336 g/mol. The smallest absolute Gasteiger partial charge is 0.243 e. The van der Waals surface area contributed by atoms with Crippen LogP contribution in [0.5, 0.6) is 0 Å². The van der Waals surface area contributed by atoms with Crippen LogP contribution >= 0.6 is 0 Å². The van der Waals surface area contributed by atoms with E-state index >= 15 is 0 Å². The maximum Gasteiger partial charge on any atom is 0.243 e. The van der Waals surface area contributed by atoms with Gasteiger partial charge >= 0.3 is 0 Å². The first-order valence-electron chi connectivity index (χ1n) is 7.61. The van der Waals surface area contributed by atoms with E-state index in [1.165, 1.54) is 10.6 Å². The average molecular weight is 336 g/mol. The molecule has 1 saturated heterocycles. The van der Waals surface area contributed by atoms with E-state index in [0.717, 1.165) is 5.52 Å².